The summed E-state index contributed by atoms with van der Waals surface area (Å²) in [5.74, 6) is -0.0737. The fourth-order valence-electron chi connectivity index (χ4n) is 4.19. The Bertz CT molecular complexity index is 738. The maximum atomic E-state index is 13.2. The van der Waals surface area contributed by atoms with E-state index in [1.807, 2.05) is 6.07 Å². The van der Waals surface area contributed by atoms with Gasteiger partial charge in [0.05, 0.1) is 16.9 Å². The summed E-state index contributed by atoms with van der Waals surface area (Å²) in [5.41, 5.74) is 13.5. The van der Waals surface area contributed by atoms with Crippen LogP contribution in [0.4, 0.5) is 0 Å². The minimum absolute atomic E-state index is 0.0489. The number of carbonyl (C=O) groups excluding carboxylic acids is 1. The molecule has 1 aliphatic carbocycles. The largest absolute Gasteiger partial charge is 0.513 e. The molecule has 0 bridgehead atoms. The van der Waals surface area contributed by atoms with Crippen molar-refractivity contribution in [1.82, 2.24) is 4.98 Å². The molecule has 0 unspecified atom stereocenters. The predicted octanol–water partition coefficient (Wildman–Crippen LogP) is 1.87. The van der Waals surface area contributed by atoms with Crippen LogP contribution in [-0.2, 0) is 28.0 Å². The van der Waals surface area contributed by atoms with Gasteiger partial charge in [0.15, 0.2) is 0 Å². The highest BCUT2D eigenvalue weighted by Crippen LogP contribution is 2.51. The predicted molar refractivity (Wildman–Crippen MR) is 107 cm³/mol. The molecule has 2 aliphatic rings. The van der Waals surface area contributed by atoms with E-state index in [4.69, 9.17) is 16.1 Å². The SMILES string of the molecule is C=C(O)C[C@H]1CCC[C@H](CC(=O)C2(c3cnc(CN)c(CN)c3)CC2)B(O)O1. The maximum Gasteiger partial charge on any atom is 0.458 e. The normalized spacial score (nSPS) is 23.9. The number of hydrogen-bond donors (Lipinski definition) is 4. The summed E-state index contributed by atoms with van der Waals surface area (Å²) < 4.78 is 5.68. The standard InChI is InChI=1S/C20H30BN3O4/c1-13(25)7-17-4-2-3-16(21(27)28-17)9-19(26)20(5-6-20)15-8-14(10-22)18(11-23)24-12-15/h8,12,16-17,25,27H,1-7,9-11,22-23H2/t16-,17-/m1/s1. The summed E-state index contributed by atoms with van der Waals surface area (Å²) in [4.78, 5) is 17.6. The van der Waals surface area contributed by atoms with Crippen molar-refractivity contribution in [1.29, 1.82) is 0 Å². The molecule has 1 aliphatic heterocycles. The summed E-state index contributed by atoms with van der Waals surface area (Å²) in [6.45, 7) is 4.15. The second kappa shape index (κ2) is 8.74. The molecule has 28 heavy (non-hydrogen) atoms. The Morgan fingerprint density at radius 3 is 2.68 bits per heavy atom. The Labute approximate surface area is 166 Å². The van der Waals surface area contributed by atoms with Crippen molar-refractivity contribution in [3.63, 3.8) is 0 Å². The number of rotatable bonds is 8. The highest BCUT2D eigenvalue weighted by Gasteiger charge is 2.52. The third-order valence-corrected chi connectivity index (χ3v) is 6.06. The van der Waals surface area contributed by atoms with Crippen LogP contribution in [0, 0.1) is 0 Å². The lowest BCUT2D eigenvalue weighted by Crippen LogP contribution is -2.32. The lowest BCUT2D eigenvalue weighted by Gasteiger charge is -2.22. The zero-order valence-corrected chi connectivity index (χ0v) is 16.3. The molecule has 2 heterocycles. The molecule has 0 spiro atoms. The van der Waals surface area contributed by atoms with Crippen LogP contribution < -0.4 is 11.5 Å². The molecule has 1 saturated heterocycles. The number of ketones is 1. The van der Waals surface area contributed by atoms with Gasteiger partial charge in [0.1, 0.15) is 5.78 Å². The molecule has 6 N–H and O–H groups in total. The van der Waals surface area contributed by atoms with E-state index in [0.29, 0.717) is 19.5 Å². The van der Waals surface area contributed by atoms with Gasteiger partial charge in [-0.1, -0.05) is 25.5 Å². The van der Waals surface area contributed by atoms with Gasteiger partial charge in [0, 0.05) is 44.0 Å². The first-order valence-corrected chi connectivity index (χ1v) is 10.0. The Kier molecular flexibility index (Phi) is 6.55. The van der Waals surface area contributed by atoms with E-state index in [1.54, 1.807) is 6.20 Å². The van der Waals surface area contributed by atoms with Crippen LogP contribution in [0.15, 0.2) is 24.6 Å². The van der Waals surface area contributed by atoms with Crippen molar-refractivity contribution in [2.45, 2.75) is 75.4 Å². The van der Waals surface area contributed by atoms with E-state index < -0.39 is 12.5 Å². The molecular formula is C20H30BN3O4. The topological polar surface area (TPSA) is 132 Å². The van der Waals surface area contributed by atoms with E-state index in [2.05, 4.69) is 11.6 Å². The molecule has 0 amide bonds. The Morgan fingerprint density at radius 1 is 1.32 bits per heavy atom. The Balaban J connectivity index is 1.69. The number of nitrogens with two attached hydrogens (primary N) is 2. The third kappa shape index (κ3) is 4.46. The third-order valence-electron chi connectivity index (χ3n) is 6.06. The van der Waals surface area contributed by atoms with Gasteiger partial charge in [0.25, 0.3) is 0 Å². The lowest BCUT2D eigenvalue weighted by atomic mass is 9.66. The molecule has 152 valence electrons. The average molecular weight is 387 g/mol. The molecule has 0 radical (unpaired) electrons. The van der Waals surface area contributed by atoms with Crippen LogP contribution in [0.5, 0.6) is 0 Å². The van der Waals surface area contributed by atoms with Crippen LogP contribution in [-0.4, -0.2) is 34.1 Å². The van der Waals surface area contributed by atoms with E-state index in [9.17, 15) is 14.9 Å². The van der Waals surface area contributed by atoms with Gasteiger partial charge in [0.2, 0.25) is 0 Å². The first-order chi connectivity index (χ1) is 13.4. The number of Topliss-reactive ketones (excluding diaryl/α,β-unsaturated/α-hetero) is 1. The molecule has 1 aromatic heterocycles. The van der Waals surface area contributed by atoms with Gasteiger partial charge >= 0.3 is 7.12 Å². The number of pyridine rings is 1. The van der Waals surface area contributed by atoms with E-state index in [1.165, 1.54) is 0 Å². The van der Waals surface area contributed by atoms with Crippen molar-refractivity contribution >= 4 is 12.9 Å². The number of carbonyl (C=O) groups is 1. The minimum Gasteiger partial charge on any atom is -0.513 e. The van der Waals surface area contributed by atoms with Crippen molar-refractivity contribution < 1.29 is 19.6 Å². The van der Waals surface area contributed by atoms with Crippen molar-refractivity contribution in [2.24, 2.45) is 11.5 Å². The zero-order valence-electron chi connectivity index (χ0n) is 16.3. The number of aromatic nitrogens is 1. The van der Waals surface area contributed by atoms with Crippen LogP contribution in [0.2, 0.25) is 5.82 Å². The second-order valence-electron chi connectivity index (χ2n) is 8.06. The molecule has 3 rings (SSSR count). The first-order valence-electron chi connectivity index (χ1n) is 10.0. The highest BCUT2D eigenvalue weighted by molar-refractivity contribution is 6.45. The molecule has 2 atom stereocenters. The van der Waals surface area contributed by atoms with Crippen LogP contribution in [0.1, 0.15) is 61.8 Å². The van der Waals surface area contributed by atoms with Crippen LogP contribution in [0.25, 0.3) is 0 Å². The van der Waals surface area contributed by atoms with Crippen molar-refractivity contribution in [2.75, 3.05) is 0 Å². The summed E-state index contributed by atoms with van der Waals surface area (Å²) in [7, 11) is -1.01. The number of nitrogens with zero attached hydrogens (tertiary/aromatic N) is 1. The number of aliphatic hydroxyl groups is 1. The quantitative estimate of drug-likeness (QED) is 0.395. The summed E-state index contributed by atoms with van der Waals surface area (Å²) >= 11 is 0. The molecule has 7 nitrogen and oxygen atoms in total. The highest BCUT2D eigenvalue weighted by atomic mass is 16.5. The van der Waals surface area contributed by atoms with Gasteiger partial charge in [-0.25, -0.2) is 0 Å². The number of hydrogen-bond acceptors (Lipinski definition) is 7. The van der Waals surface area contributed by atoms with Gasteiger partial charge < -0.3 is 26.3 Å². The van der Waals surface area contributed by atoms with E-state index in [0.717, 1.165) is 48.9 Å². The summed E-state index contributed by atoms with van der Waals surface area (Å²) in [6.07, 6.45) is 5.92. The van der Waals surface area contributed by atoms with Gasteiger partial charge in [-0.3, -0.25) is 9.78 Å². The Hall–Kier alpha value is -1.74. The summed E-state index contributed by atoms with van der Waals surface area (Å²) in [6, 6.07) is 1.96. The molecule has 0 aromatic carbocycles. The Morgan fingerprint density at radius 2 is 2.07 bits per heavy atom. The fraction of sp³-hybridized carbons (Fsp3) is 0.600. The van der Waals surface area contributed by atoms with E-state index >= 15 is 0 Å². The average Bonchev–Trinajstić information content (AvgIpc) is 3.48. The number of aliphatic hydroxyl groups excluding tert-OH is 1. The molecule has 1 aromatic rings. The smallest absolute Gasteiger partial charge is 0.458 e. The minimum atomic E-state index is -1.01. The van der Waals surface area contributed by atoms with Gasteiger partial charge in [-0.05, 0) is 30.4 Å². The summed E-state index contributed by atoms with van der Waals surface area (Å²) in [5, 5.41) is 19.8. The molecule has 2 fully saturated rings. The van der Waals surface area contributed by atoms with Crippen LogP contribution >= 0.6 is 0 Å². The fourth-order valence-corrected chi connectivity index (χ4v) is 4.19. The molecular weight excluding hydrogens is 357 g/mol. The van der Waals surface area contributed by atoms with E-state index in [-0.39, 0.29) is 29.9 Å². The maximum absolute atomic E-state index is 13.2. The molecule has 1 saturated carbocycles. The first kappa shape index (κ1) is 21.0. The lowest BCUT2D eigenvalue weighted by molar-refractivity contribution is -0.121. The van der Waals surface area contributed by atoms with Gasteiger partial charge in [-0.15, -0.1) is 0 Å². The molecule has 8 heteroatoms. The van der Waals surface area contributed by atoms with Crippen LogP contribution in [0.3, 0.4) is 0 Å². The van der Waals surface area contributed by atoms with Crippen molar-refractivity contribution in [3.8, 4) is 0 Å². The second-order valence-corrected chi connectivity index (χ2v) is 8.06. The van der Waals surface area contributed by atoms with Crippen molar-refractivity contribution in [3.05, 3.63) is 41.4 Å². The monoisotopic (exact) mass is 387 g/mol. The van der Waals surface area contributed by atoms with Gasteiger partial charge in [-0.2, -0.15) is 0 Å². The zero-order chi connectivity index (χ0) is 20.3.